The smallest absolute Gasteiger partial charge is 0.243 e. The van der Waals surface area contributed by atoms with E-state index in [1.165, 1.54) is 43.9 Å². The SMILES string of the molecule is CNc1ccc(S(=O)(=O)N2CCC(CCCC3CCN(Sc4ccc(NC(C)=O)cc4)CC3)CC2)cc1. The van der Waals surface area contributed by atoms with Gasteiger partial charge in [0.15, 0.2) is 0 Å². The van der Waals surface area contributed by atoms with Crippen LogP contribution in [0.25, 0.3) is 0 Å². The zero-order valence-electron chi connectivity index (χ0n) is 22.0. The minimum Gasteiger partial charge on any atom is -0.388 e. The number of carbonyl (C=O) groups excluding carboxylic acids is 1. The third kappa shape index (κ3) is 7.96. The predicted molar refractivity (Wildman–Crippen MR) is 152 cm³/mol. The molecule has 2 N–H and O–H groups in total. The van der Waals surface area contributed by atoms with Gasteiger partial charge in [0.05, 0.1) is 4.90 Å². The van der Waals surface area contributed by atoms with Crippen LogP contribution < -0.4 is 10.6 Å². The molecular weight excluding hydrogens is 504 g/mol. The van der Waals surface area contributed by atoms with E-state index in [1.807, 2.05) is 31.3 Å². The van der Waals surface area contributed by atoms with Crippen LogP contribution in [0.1, 0.15) is 51.9 Å². The van der Waals surface area contributed by atoms with Crippen molar-refractivity contribution in [2.45, 2.75) is 61.7 Å². The monoisotopic (exact) mass is 544 g/mol. The number of carbonyl (C=O) groups is 1. The summed E-state index contributed by atoms with van der Waals surface area (Å²) in [5, 5.41) is 5.84. The van der Waals surface area contributed by atoms with E-state index in [2.05, 4.69) is 27.1 Å². The van der Waals surface area contributed by atoms with Crippen molar-refractivity contribution in [3.05, 3.63) is 48.5 Å². The minimum absolute atomic E-state index is 0.0486. The molecule has 0 spiro atoms. The van der Waals surface area contributed by atoms with Crippen molar-refractivity contribution in [2.24, 2.45) is 11.8 Å². The molecule has 2 fully saturated rings. The van der Waals surface area contributed by atoms with Crippen molar-refractivity contribution in [3.63, 3.8) is 0 Å². The molecule has 2 aliphatic rings. The van der Waals surface area contributed by atoms with E-state index in [-0.39, 0.29) is 5.91 Å². The second-order valence-electron chi connectivity index (χ2n) is 10.2. The van der Waals surface area contributed by atoms with E-state index in [9.17, 15) is 13.2 Å². The lowest BCUT2D eigenvalue weighted by molar-refractivity contribution is -0.114. The van der Waals surface area contributed by atoms with Gasteiger partial charge in [0.25, 0.3) is 0 Å². The second-order valence-corrected chi connectivity index (χ2v) is 13.3. The molecule has 0 bridgehead atoms. The normalized spacial score (nSPS) is 18.5. The molecule has 2 heterocycles. The number of piperidine rings is 2. The molecule has 1 amide bonds. The lowest BCUT2D eigenvalue weighted by atomic mass is 9.87. The molecule has 0 aliphatic carbocycles. The van der Waals surface area contributed by atoms with Crippen LogP contribution >= 0.6 is 11.9 Å². The van der Waals surface area contributed by atoms with Crippen molar-refractivity contribution in [1.29, 1.82) is 0 Å². The molecule has 2 saturated heterocycles. The van der Waals surface area contributed by atoms with E-state index in [0.29, 0.717) is 23.9 Å². The van der Waals surface area contributed by atoms with Gasteiger partial charge in [-0.1, -0.05) is 19.3 Å². The maximum Gasteiger partial charge on any atom is 0.243 e. The van der Waals surface area contributed by atoms with E-state index in [0.717, 1.165) is 43.2 Å². The number of sulfonamides is 1. The van der Waals surface area contributed by atoms with Gasteiger partial charge in [-0.3, -0.25) is 4.79 Å². The molecule has 0 atom stereocenters. The standard InChI is InChI=1S/C28H40N4O3S2/c1-22(33)30-26-6-10-27(11-7-26)36-31-18-14-23(15-19-31)4-3-5-24-16-20-32(21-17-24)37(34,35)28-12-8-25(29-2)9-13-28/h6-13,23-24,29H,3-5,14-21H2,1-2H3,(H,30,33). The van der Waals surface area contributed by atoms with E-state index in [1.54, 1.807) is 28.4 Å². The van der Waals surface area contributed by atoms with Gasteiger partial charge in [0.2, 0.25) is 15.9 Å². The first kappa shape index (κ1) is 28.0. The fraction of sp³-hybridized carbons (Fsp3) is 0.536. The molecule has 202 valence electrons. The van der Waals surface area contributed by atoms with Crippen molar-refractivity contribution in [2.75, 3.05) is 43.9 Å². The largest absolute Gasteiger partial charge is 0.388 e. The molecule has 7 nitrogen and oxygen atoms in total. The minimum atomic E-state index is -3.40. The van der Waals surface area contributed by atoms with Gasteiger partial charge in [-0.2, -0.15) is 4.31 Å². The molecule has 0 aromatic heterocycles. The predicted octanol–water partition coefficient (Wildman–Crippen LogP) is 5.68. The summed E-state index contributed by atoms with van der Waals surface area (Å²) in [6, 6.07) is 15.1. The third-order valence-electron chi connectivity index (χ3n) is 7.56. The topological polar surface area (TPSA) is 81.8 Å². The van der Waals surface area contributed by atoms with Crippen LogP contribution in [0.3, 0.4) is 0 Å². The Balaban J connectivity index is 1.12. The Morgan fingerprint density at radius 2 is 1.41 bits per heavy atom. The van der Waals surface area contributed by atoms with Crippen molar-refractivity contribution in [1.82, 2.24) is 8.61 Å². The van der Waals surface area contributed by atoms with Crippen molar-refractivity contribution in [3.8, 4) is 0 Å². The first-order chi connectivity index (χ1) is 17.8. The molecule has 9 heteroatoms. The van der Waals surface area contributed by atoms with E-state index >= 15 is 0 Å². The van der Waals surface area contributed by atoms with Gasteiger partial charge < -0.3 is 10.6 Å². The molecule has 37 heavy (non-hydrogen) atoms. The van der Waals surface area contributed by atoms with Crippen LogP contribution in [0.15, 0.2) is 58.3 Å². The van der Waals surface area contributed by atoms with Crippen LogP contribution in [0.4, 0.5) is 11.4 Å². The van der Waals surface area contributed by atoms with Gasteiger partial charge in [0, 0.05) is 56.4 Å². The highest BCUT2D eigenvalue weighted by Crippen LogP contribution is 2.33. The Labute approximate surface area is 226 Å². The Hall–Kier alpha value is -2.07. The van der Waals surface area contributed by atoms with Crippen LogP contribution in [0, 0.1) is 11.8 Å². The number of benzene rings is 2. The number of nitrogens with one attached hydrogen (secondary N) is 2. The first-order valence-corrected chi connectivity index (χ1v) is 15.6. The van der Waals surface area contributed by atoms with Crippen LogP contribution in [0.2, 0.25) is 0 Å². The quantitative estimate of drug-likeness (QED) is 0.375. The highest BCUT2D eigenvalue weighted by molar-refractivity contribution is 7.97. The zero-order valence-corrected chi connectivity index (χ0v) is 23.6. The molecule has 0 radical (unpaired) electrons. The van der Waals surface area contributed by atoms with Crippen LogP contribution in [-0.2, 0) is 14.8 Å². The lowest BCUT2D eigenvalue weighted by Crippen LogP contribution is -2.38. The Morgan fingerprint density at radius 1 is 0.865 bits per heavy atom. The summed E-state index contributed by atoms with van der Waals surface area (Å²) in [6.45, 7) is 4.99. The Morgan fingerprint density at radius 3 is 1.95 bits per heavy atom. The number of hydrogen-bond acceptors (Lipinski definition) is 6. The molecule has 0 saturated carbocycles. The Bertz CT molecular complexity index is 1110. The van der Waals surface area contributed by atoms with Crippen LogP contribution in [-0.4, -0.2) is 56.2 Å². The number of amides is 1. The van der Waals surface area contributed by atoms with Crippen LogP contribution in [0.5, 0.6) is 0 Å². The summed E-state index contributed by atoms with van der Waals surface area (Å²) >= 11 is 1.81. The van der Waals surface area contributed by atoms with Gasteiger partial charge in [0.1, 0.15) is 0 Å². The lowest BCUT2D eigenvalue weighted by Gasteiger charge is -2.33. The fourth-order valence-electron chi connectivity index (χ4n) is 5.32. The molecule has 0 unspecified atom stereocenters. The van der Waals surface area contributed by atoms with Crippen molar-refractivity contribution < 1.29 is 13.2 Å². The molecule has 4 rings (SSSR count). The highest BCUT2D eigenvalue weighted by Gasteiger charge is 2.29. The van der Waals surface area contributed by atoms with Gasteiger partial charge >= 0.3 is 0 Å². The molecular formula is C28H40N4O3S2. The Kier molecular flexibility index (Phi) is 9.92. The summed E-state index contributed by atoms with van der Waals surface area (Å²) in [4.78, 5) is 12.8. The molecule has 2 aromatic rings. The average molecular weight is 545 g/mol. The van der Waals surface area contributed by atoms with E-state index in [4.69, 9.17) is 0 Å². The average Bonchev–Trinajstić information content (AvgIpc) is 2.91. The maximum absolute atomic E-state index is 13.0. The number of nitrogens with zero attached hydrogens (tertiary/aromatic N) is 2. The second kappa shape index (κ2) is 13.1. The molecule has 2 aromatic carbocycles. The highest BCUT2D eigenvalue weighted by atomic mass is 32.2. The van der Waals surface area contributed by atoms with Gasteiger partial charge in [-0.25, -0.2) is 12.7 Å². The first-order valence-electron chi connectivity index (χ1n) is 13.4. The summed E-state index contributed by atoms with van der Waals surface area (Å²) in [5.41, 5.74) is 1.75. The summed E-state index contributed by atoms with van der Waals surface area (Å²) < 4.78 is 30.1. The zero-order chi connectivity index (χ0) is 26.3. The summed E-state index contributed by atoms with van der Waals surface area (Å²) in [5.74, 6) is 1.38. The number of anilines is 2. The molecule has 2 aliphatic heterocycles. The summed E-state index contributed by atoms with van der Waals surface area (Å²) in [7, 11) is -1.57. The summed E-state index contributed by atoms with van der Waals surface area (Å²) in [6.07, 6.45) is 8.12. The van der Waals surface area contributed by atoms with E-state index < -0.39 is 10.0 Å². The number of hydrogen-bond donors (Lipinski definition) is 2. The van der Waals surface area contributed by atoms with Crippen molar-refractivity contribution >= 4 is 39.3 Å². The van der Waals surface area contributed by atoms with Gasteiger partial charge in [-0.05, 0) is 98.0 Å². The third-order valence-corrected chi connectivity index (χ3v) is 10.6. The maximum atomic E-state index is 13.0. The van der Waals surface area contributed by atoms with Gasteiger partial charge in [-0.15, -0.1) is 0 Å². The number of rotatable bonds is 10. The fourth-order valence-corrected chi connectivity index (χ4v) is 7.74.